The summed E-state index contributed by atoms with van der Waals surface area (Å²) >= 11 is 0. The fourth-order valence-electron chi connectivity index (χ4n) is 3.35. The molecule has 3 heteroatoms. The number of amides is 1. The number of rotatable bonds is 2. The summed E-state index contributed by atoms with van der Waals surface area (Å²) in [6.07, 6.45) is 5.46. The van der Waals surface area contributed by atoms with E-state index in [1.54, 1.807) is 6.08 Å². The average molecular weight is 271 g/mol. The Labute approximate surface area is 119 Å². The van der Waals surface area contributed by atoms with Crippen molar-refractivity contribution in [3.05, 3.63) is 47.5 Å². The normalized spacial score (nSPS) is 29.1. The molecule has 1 aromatic rings. The summed E-state index contributed by atoms with van der Waals surface area (Å²) in [5, 5.41) is 10.3. The Bertz CT molecular complexity index is 532. The largest absolute Gasteiger partial charge is 0.388 e. The highest BCUT2D eigenvalue weighted by molar-refractivity contribution is 5.88. The lowest BCUT2D eigenvalue weighted by atomic mass is 9.93. The lowest BCUT2D eigenvalue weighted by molar-refractivity contribution is -0.125. The fourth-order valence-corrected chi connectivity index (χ4v) is 3.35. The van der Waals surface area contributed by atoms with E-state index in [4.69, 9.17) is 0 Å². The van der Waals surface area contributed by atoms with Gasteiger partial charge in [0.25, 0.3) is 0 Å². The van der Waals surface area contributed by atoms with Crippen molar-refractivity contribution in [3.8, 4) is 0 Å². The first-order chi connectivity index (χ1) is 9.68. The van der Waals surface area contributed by atoms with Crippen molar-refractivity contribution in [2.24, 2.45) is 5.92 Å². The second kappa shape index (κ2) is 5.41. The Morgan fingerprint density at radius 1 is 1.25 bits per heavy atom. The fraction of sp³-hybridized carbons (Fsp3) is 0.471. The van der Waals surface area contributed by atoms with E-state index in [1.807, 2.05) is 36.1 Å². The molecule has 1 saturated heterocycles. The van der Waals surface area contributed by atoms with Crippen LogP contribution in [-0.2, 0) is 4.79 Å². The summed E-state index contributed by atoms with van der Waals surface area (Å²) < 4.78 is 0. The number of nitrogens with zero attached hydrogens (tertiary/aromatic N) is 1. The highest BCUT2D eigenvalue weighted by atomic mass is 16.3. The second-order valence-corrected chi connectivity index (χ2v) is 5.85. The van der Waals surface area contributed by atoms with Crippen LogP contribution in [0.2, 0.25) is 0 Å². The third kappa shape index (κ3) is 2.27. The van der Waals surface area contributed by atoms with Crippen molar-refractivity contribution >= 4 is 5.91 Å². The van der Waals surface area contributed by atoms with Gasteiger partial charge in [0.15, 0.2) is 0 Å². The minimum atomic E-state index is -0.428. The Morgan fingerprint density at radius 2 is 1.90 bits per heavy atom. The number of benzene rings is 1. The van der Waals surface area contributed by atoms with Crippen LogP contribution in [0.3, 0.4) is 0 Å². The van der Waals surface area contributed by atoms with Crippen LogP contribution in [0.5, 0.6) is 0 Å². The topological polar surface area (TPSA) is 40.5 Å². The molecule has 0 saturated carbocycles. The number of likely N-dealkylation sites (tertiary alicyclic amines) is 1. The van der Waals surface area contributed by atoms with Gasteiger partial charge >= 0.3 is 0 Å². The van der Waals surface area contributed by atoms with E-state index in [-0.39, 0.29) is 17.7 Å². The zero-order chi connectivity index (χ0) is 14.1. The number of allylic oxidation sites excluding steroid dienone is 1. The molecule has 1 aromatic carbocycles. The van der Waals surface area contributed by atoms with Gasteiger partial charge in [0.05, 0.1) is 6.10 Å². The Kier molecular flexibility index (Phi) is 3.62. The number of hydrogen-bond donors (Lipinski definition) is 1. The molecular weight excluding hydrogens is 250 g/mol. The van der Waals surface area contributed by atoms with Crippen LogP contribution >= 0.6 is 0 Å². The van der Waals surface area contributed by atoms with Crippen molar-refractivity contribution in [2.45, 2.75) is 31.8 Å². The Morgan fingerprint density at radius 3 is 2.60 bits per heavy atom. The molecule has 1 N–H and O–H groups in total. The third-order valence-corrected chi connectivity index (χ3v) is 4.60. The third-order valence-electron chi connectivity index (χ3n) is 4.60. The van der Waals surface area contributed by atoms with Crippen LogP contribution in [0.15, 0.2) is 36.4 Å². The van der Waals surface area contributed by atoms with Gasteiger partial charge in [-0.3, -0.25) is 4.79 Å². The van der Waals surface area contributed by atoms with Crippen molar-refractivity contribution in [1.29, 1.82) is 0 Å². The number of aliphatic hydroxyl groups is 1. The van der Waals surface area contributed by atoms with Gasteiger partial charge in [0, 0.05) is 19.0 Å². The van der Waals surface area contributed by atoms with E-state index < -0.39 is 6.10 Å². The molecule has 1 fully saturated rings. The van der Waals surface area contributed by atoms with Crippen molar-refractivity contribution in [1.82, 2.24) is 4.90 Å². The van der Waals surface area contributed by atoms with Crippen LogP contribution < -0.4 is 0 Å². The van der Waals surface area contributed by atoms with E-state index in [0.717, 1.165) is 37.1 Å². The molecule has 0 radical (unpaired) electrons. The van der Waals surface area contributed by atoms with Crippen LogP contribution in [-0.4, -0.2) is 29.0 Å². The molecule has 0 spiro atoms. The monoisotopic (exact) mass is 271 g/mol. The van der Waals surface area contributed by atoms with Gasteiger partial charge in [-0.2, -0.15) is 0 Å². The molecule has 106 valence electrons. The molecule has 2 aliphatic rings. The zero-order valence-electron chi connectivity index (χ0n) is 11.8. The van der Waals surface area contributed by atoms with Crippen LogP contribution in [0.1, 0.15) is 42.9 Å². The maximum atomic E-state index is 12.1. The number of carbonyl (C=O) groups excluding carboxylic acids is 1. The average Bonchev–Trinajstić information content (AvgIpc) is 3.07. The maximum absolute atomic E-state index is 12.1. The molecule has 0 unspecified atom stereocenters. The molecule has 3 atom stereocenters. The SMILES string of the molecule is C[C@H]1[C@H](/C=C/C(=O)N2CCCC2)c2ccccc2[C@@H]1O. The standard InChI is InChI=1S/C17H21NO2/c1-12-13(8-9-16(19)18-10-4-5-11-18)14-6-2-3-7-15(14)17(12)20/h2-3,6-9,12-13,17,20H,4-5,10-11H2,1H3/b9-8+/t12-,13-,17+/m0/s1. The van der Waals surface area contributed by atoms with Gasteiger partial charge in [-0.05, 0) is 36.0 Å². The smallest absolute Gasteiger partial charge is 0.246 e. The molecule has 0 bridgehead atoms. The quantitative estimate of drug-likeness (QED) is 0.840. The van der Waals surface area contributed by atoms with Crippen LogP contribution in [0, 0.1) is 5.92 Å². The number of hydrogen-bond acceptors (Lipinski definition) is 2. The Hall–Kier alpha value is -1.61. The van der Waals surface area contributed by atoms with Gasteiger partial charge in [-0.1, -0.05) is 37.3 Å². The number of fused-ring (bicyclic) bond motifs is 1. The summed E-state index contributed by atoms with van der Waals surface area (Å²) in [5.41, 5.74) is 2.15. The minimum Gasteiger partial charge on any atom is -0.388 e. The first kappa shape index (κ1) is 13.4. The highest BCUT2D eigenvalue weighted by Gasteiger charge is 2.35. The van der Waals surface area contributed by atoms with Gasteiger partial charge in [-0.25, -0.2) is 0 Å². The minimum absolute atomic E-state index is 0.105. The van der Waals surface area contributed by atoms with Gasteiger partial charge in [-0.15, -0.1) is 0 Å². The second-order valence-electron chi connectivity index (χ2n) is 5.85. The van der Waals surface area contributed by atoms with E-state index in [1.165, 1.54) is 0 Å². The molecule has 3 nitrogen and oxygen atoms in total. The molecule has 1 heterocycles. The molecule has 1 aliphatic heterocycles. The van der Waals surface area contributed by atoms with E-state index >= 15 is 0 Å². The summed E-state index contributed by atoms with van der Waals surface area (Å²) in [6, 6.07) is 7.98. The van der Waals surface area contributed by atoms with E-state index in [2.05, 4.69) is 6.07 Å². The predicted molar refractivity (Wildman–Crippen MR) is 78.3 cm³/mol. The Balaban J connectivity index is 1.78. The van der Waals surface area contributed by atoms with Crippen molar-refractivity contribution < 1.29 is 9.90 Å². The first-order valence-electron chi connectivity index (χ1n) is 7.42. The van der Waals surface area contributed by atoms with E-state index in [9.17, 15) is 9.90 Å². The van der Waals surface area contributed by atoms with Crippen molar-refractivity contribution in [3.63, 3.8) is 0 Å². The summed E-state index contributed by atoms with van der Waals surface area (Å²) in [4.78, 5) is 14.0. The van der Waals surface area contributed by atoms with Gasteiger partial charge in [0.1, 0.15) is 0 Å². The molecule has 20 heavy (non-hydrogen) atoms. The van der Waals surface area contributed by atoms with Crippen LogP contribution in [0.4, 0.5) is 0 Å². The van der Waals surface area contributed by atoms with Gasteiger partial charge in [0.2, 0.25) is 5.91 Å². The molecular formula is C17H21NO2. The maximum Gasteiger partial charge on any atom is 0.246 e. The van der Waals surface area contributed by atoms with E-state index in [0.29, 0.717) is 0 Å². The lowest BCUT2D eigenvalue weighted by Crippen LogP contribution is -2.25. The number of aliphatic hydroxyl groups excluding tert-OH is 1. The highest BCUT2D eigenvalue weighted by Crippen LogP contribution is 2.45. The molecule has 1 amide bonds. The summed E-state index contributed by atoms with van der Waals surface area (Å²) in [6.45, 7) is 3.80. The molecule has 0 aromatic heterocycles. The summed E-state index contributed by atoms with van der Waals surface area (Å²) in [5.74, 6) is 0.358. The lowest BCUT2D eigenvalue weighted by Gasteiger charge is -2.16. The molecule has 3 rings (SSSR count). The number of carbonyl (C=O) groups is 1. The predicted octanol–water partition coefficient (Wildman–Crippen LogP) is 2.63. The van der Waals surface area contributed by atoms with Gasteiger partial charge < -0.3 is 10.0 Å². The first-order valence-corrected chi connectivity index (χ1v) is 7.42. The van der Waals surface area contributed by atoms with Crippen LogP contribution in [0.25, 0.3) is 0 Å². The molecule has 1 aliphatic carbocycles. The van der Waals surface area contributed by atoms with Crippen molar-refractivity contribution in [2.75, 3.05) is 13.1 Å². The zero-order valence-corrected chi connectivity index (χ0v) is 11.8. The summed E-state index contributed by atoms with van der Waals surface area (Å²) in [7, 11) is 0.